The van der Waals surface area contributed by atoms with Gasteiger partial charge in [0.05, 0.1) is 6.10 Å². The van der Waals surface area contributed by atoms with Gasteiger partial charge in [-0.2, -0.15) is 5.10 Å². The first-order chi connectivity index (χ1) is 9.84. The summed E-state index contributed by atoms with van der Waals surface area (Å²) in [5.41, 5.74) is 1.06. The average molecular weight is 289 g/mol. The van der Waals surface area contributed by atoms with Crippen LogP contribution in [0.15, 0.2) is 30.3 Å². The van der Waals surface area contributed by atoms with Gasteiger partial charge in [0.1, 0.15) is 5.82 Å². The largest absolute Gasteiger partial charge is 0.378 e. The normalized spacial score (nSPS) is 19.1. The van der Waals surface area contributed by atoms with Crippen molar-refractivity contribution < 1.29 is 4.74 Å². The second-order valence-electron chi connectivity index (χ2n) is 5.14. The van der Waals surface area contributed by atoms with E-state index in [0.717, 1.165) is 37.4 Å². The topological polar surface area (TPSA) is 42.8 Å². The van der Waals surface area contributed by atoms with Crippen LogP contribution in [0.3, 0.4) is 0 Å². The maximum absolute atomic E-state index is 5.78. The maximum atomic E-state index is 5.78. The summed E-state index contributed by atoms with van der Waals surface area (Å²) < 4.78 is 8.44. The second kappa shape index (κ2) is 6.33. The third-order valence-corrected chi connectivity index (χ3v) is 3.99. The molecule has 2 aromatic rings. The van der Waals surface area contributed by atoms with E-state index in [1.807, 2.05) is 34.9 Å². The molecule has 0 spiro atoms. The Hall–Kier alpha value is -1.46. The number of benzene rings is 1. The fraction of sp³-hybridized carbons (Fsp3) is 0.467. The minimum absolute atomic E-state index is 0.373. The molecular weight excluding hydrogens is 270 g/mol. The molecule has 20 heavy (non-hydrogen) atoms. The summed E-state index contributed by atoms with van der Waals surface area (Å²) in [5, 5.41) is 7.27. The fourth-order valence-electron chi connectivity index (χ4n) is 2.67. The van der Waals surface area contributed by atoms with Crippen LogP contribution in [0.25, 0.3) is 5.69 Å². The SMILES string of the molecule is S=c1[nH]nc(CCC2CCCCO2)n1-c1ccccc1. The number of nitrogens with one attached hydrogen (secondary N) is 1. The van der Waals surface area contributed by atoms with E-state index in [4.69, 9.17) is 17.0 Å². The highest BCUT2D eigenvalue weighted by Crippen LogP contribution is 2.18. The van der Waals surface area contributed by atoms with Crippen molar-refractivity contribution in [2.75, 3.05) is 6.61 Å². The molecule has 0 saturated carbocycles. The molecule has 106 valence electrons. The van der Waals surface area contributed by atoms with Crippen LogP contribution in [0.2, 0.25) is 0 Å². The summed E-state index contributed by atoms with van der Waals surface area (Å²) in [4.78, 5) is 0. The Morgan fingerprint density at radius 2 is 2.15 bits per heavy atom. The third-order valence-electron chi connectivity index (χ3n) is 3.72. The minimum Gasteiger partial charge on any atom is -0.378 e. The van der Waals surface area contributed by atoms with Gasteiger partial charge in [0.25, 0.3) is 0 Å². The number of aryl methyl sites for hydroxylation is 1. The number of para-hydroxylation sites is 1. The van der Waals surface area contributed by atoms with E-state index < -0.39 is 0 Å². The summed E-state index contributed by atoms with van der Waals surface area (Å²) in [6.07, 6.45) is 5.89. The molecular formula is C15H19N3OS. The van der Waals surface area contributed by atoms with E-state index in [0.29, 0.717) is 10.9 Å². The Morgan fingerprint density at radius 1 is 1.30 bits per heavy atom. The van der Waals surface area contributed by atoms with Crippen molar-refractivity contribution in [1.82, 2.24) is 14.8 Å². The Labute approximate surface area is 123 Å². The van der Waals surface area contributed by atoms with E-state index in [9.17, 15) is 0 Å². The molecule has 1 saturated heterocycles. The molecule has 0 aliphatic carbocycles. The summed E-state index contributed by atoms with van der Waals surface area (Å²) in [6.45, 7) is 0.899. The van der Waals surface area contributed by atoms with Gasteiger partial charge in [0.15, 0.2) is 4.77 Å². The van der Waals surface area contributed by atoms with Gasteiger partial charge in [0.2, 0.25) is 0 Å². The van der Waals surface area contributed by atoms with Gasteiger partial charge < -0.3 is 4.74 Å². The van der Waals surface area contributed by atoms with Gasteiger partial charge >= 0.3 is 0 Å². The molecule has 1 aliphatic rings. The summed E-state index contributed by atoms with van der Waals surface area (Å²) in [7, 11) is 0. The van der Waals surface area contributed by atoms with E-state index in [-0.39, 0.29) is 0 Å². The van der Waals surface area contributed by atoms with Crippen molar-refractivity contribution in [2.45, 2.75) is 38.2 Å². The Balaban J connectivity index is 1.75. The number of H-pyrrole nitrogens is 1. The summed E-state index contributed by atoms with van der Waals surface area (Å²) in [6, 6.07) is 10.1. The van der Waals surface area contributed by atoms with E-state index >= 15 is 0 Å². The average Bonchev–Trinajstić information content (AvgIpc) is 2.88. The minimum atomic E-state index is 0.373. The second-order valence-corrected chi connectivity index (χ2v) is 5.53. The van der Waals surface area contributed by atoms with E-state index in [1.165, 1.54) is 12.8 Å². The maximum Gasteiger partial charge on any atom is 0.199 e. The monoisotopic (exact) mass is 289 g/mol. The van der Waals surface area contributed by atoms with Crippen molar-refractivity contribution in [3.8, 4) is 5.69 Å². The number of ether oxygens (including phenoxy) is 1. The van der Waals surface area contributed by atoms with Gasteiger partial charge in [-0.3, -0.25) is 9.67 Å². The molecule has 4 nitrogen and oxygen atoms in total. The zero-order chi connectivity index (χ0) is 13.8. The van der Waals surface area contributed by atoms with Gasteiger partial charge in [-0.25, -0.2) is 0 Å². The molecule has 1 aromatic heterocycles. The van der Waals surface area contributed by atoms with Crippen molar-refractivity contribution >= 4 is 12.2 Å². The molecule has 2 heterocycles. The quantitative estimate of drug-likeness (QED) is 0.877. The third kappa shape index (κ3) is 2.99. The molecule has 1 atom stereocenters. The first-order valence-electron chi connectivity index (χ1n) is 7.18. The molecule has 1 fully saturated rings. The van der Waals surface area contributed by atoms with Crippen LogP contribution in [-0.2, 0) is 11.2 Å². The summed E-state index contributed by atoms with van der Waals surface area (Å²) >= 11 is 5.34. The molecule has 1 unspecified atom stereocenters. The zero-order valence-electron chi connectivity index (χ0n) is 11.4. The van der Waals surface area contributed by atoms with Gasteiger partial charge in [-0.1, -0.05) is 18.2 Å². The van der Waals surface area contributed by atoms with Gasteiger partial charge in [-0.15, -0.1) is 0 Å². The predicted octanol–water partition coefficient (Wildman–Crippen LogP) is 3.43. The van der Waals surface area contributed by atoms with Crippen LogP contribution in [-0.4, -0.2) is 27.5 Å². The van der Waals surface area contributed by atoms with Crippen LogP contribution in [0, 0.1) is 4.77 Å². The fourth-order valence-corrected chi connectivity index (χ4v) is 2.92. The van der Waals surface area contributed by atoms with Gasteiger partial charge in [-0.05, 0) is 50.0 Å². The van der Waals surface area contributed by atoms with Crippen LogP contribution in [0.1, 0.15) is 31.5 Å². The number of rotatable bonds is 4. The van der Waals surface area contributed by atoms with Crippen molar-refractivity contribution in [3.05, 3.63) is 40.9 Å². The number of nitrogens with zero attached hydrogens (tertiary/aromatic N) is 2. The standard InChI is InChI=1S/C15H19N3OS/c20-15-17-16-14(10-9-13-8-4-5-11-19-13)18(15)12-6-2-1-3-7-12/h1-3,6-7,13H,4-5,8-11H2,(H,17,20). The molecule has 1 aliphatic heterocycles. The zero-order valence-corrected chi connectivity index (χ0v) is 12.2. The molecule has 0 amide bonds. The Kier molecular flexibility index (Phi) is 4.28. The Bertz CT molecular complexity index is 599. The lowest BCUT2D eigenvalue weighted by atomic mass is 10.0. The lowest BCUT2D eigenvalue weighted by Crippen LogP contribution is -2.20. The molecule has 3 rings (SSSR count). The Morgan fingerprint density at radius 3 is 2.90 bits per heavy atom. The highest BCUT2D eigenvalue weighted by molar-refractivity contribution is 7.71. The van der Waals surface area contributed by atoms with Crippen molar-refractivity contribution in [3.63, 3.8) is 0 Å². The molecule has 0 bridgehead atoms. The van der Waals surface area contributed by atoms with Crippen molar-refractivity contribution in [2.24, 2.45) is 0 Å². The van der Waals surface area contributed by atoms with Crippen LogP contribution in [0.5, 0.6) is 0 Å². The smallest absolute Gasteiger partial charge is 0.199 e. The first kappa shape index (κ1) is 13.5. The highest BCUT2D eigenvalue weighted by Gasteiger charge is 2.16. The lowest BCUT2D eigenvalue weighted by molar-refractivity contribution is 0.0111. The van der Waals surface area contributed by atoms with Crippen LogP contribution < -0.4 is 0 Å². The predicted molar refractivity (Wildman–Crippen MR) is 80.7 cm³/mol. The summed E-state index contributed by atoms with van der Waals surface area (Å²) in [5.74, 6) is 0.982. The number of hydrogen-bond acceptors (Lipinski definition) is 3. The van der Waals surface area contributed by atoms with E-state index in [1.54, 1.807) is 0 Å². The molecule has 5 heteroatoms. The highest BCUT2D eigenvalue weighted by atomic mass is 32.1. The van der Waals surface area contributed by atoms with E-state index in [2.05, 4.69) is 10.2 Å². The first-order valence-corrected chi connectivity index (χ1v) is 7.59. The van der Waals surface area contributed by atoms with Gasteiger partial charge in [0, 0.05) is 18.7 Å². The lowest BCUT2D eigenvalue weighted by Gasteiger charge is -2.22. The number of hydrogen-bond donors (Lipinski definition) is 1. The van der Waals surface area contributed by atoms with Crippen LogP contribution >= 0.6 is 12.2 Å². The van der Waals surface area contributed by atoms with Crippen LogP contribution in [0.4, 0.5) is 0 Å². The number of aromatic amines is 1. The molecule has 1 N–H and O–H groups in total. The molecule has 0 radical (unpaired) electrons. The number of aromatic nitrogens is 3. The molecule has 1 aromatic carbocycles. The van der Waals surface area contributed by atoms with Crippen molar-refractivity contribution in [1.29, 1.82) is 0 Å².